The number of carbonyl (C=O) groups excluding carboxylic acids is 1. The highest BCUT2D eigenvalue weighted by atomic mass is 16.2. The zero-order chi connectivity index (χ0) is 13.6. The molecule has 1 fully saturated rings. The van der Waals surface area contributed by atoms with Crippen molar-refractivity contribution in [3.8, 4) is 6.07 Å². The molecule has 0 N–H and O–H groups in total. The highest BCUT2D eigenvalue weighted by molar-refractivity contribution is 5.85. The first-order valence-corrected chi connectivity index (χ1v) is 7.34. The molecular weight excluding hydrogens is 224 g/mol. The monoisotopic (exact) mass is 250 g/mol. The number of rotatable bonds is 4. The molecule has 0 aromatic heterocycles. The molecule has 1 unspecified atom stereocenters. The van der Waals surface area contributed by atoms with Gasteiger partial charge in [-0.3, -0.25) is 4.79 Å². The summed E-state index contributed by atoms with van der Waals surface area (Å²) in [5.74, 6) is 0.814. The van der Waals surface area contributed by atoms with Gasteiger partial charge in [-0.15, -0.1) is 0 Å². The zero-order valence-corrected chi connectivity index (χ0v) is 12.0. The Kier molecular flexibility index (Phi) is 5.65. The fraction of sp³-hybridized carbons (Fsp3) is 0.867. The van der Waals surface area contributed by atoms with Gasteiger partial charge in [-0.2, -0.15) is 5.26 Å². The molecule has 0 aromatic rings. The molecule has 1 rings (SSSR count). The Morgan fingerprint density at radius 2 is 1.94 bits per heavy atom. The maximum atomic E-state index is 12.6. The first-order chi connectivity index (χ1) is 8.63. The lowest BCUT2D eigenvalue weighted by atomic mass is 9.82. The lowest BCUT2D eigenvalue weighted by molar-refractivity contribution is -0.139. The summed E-state index contributed by atoms with van der Waals surface area (Å²) in [7, 11) is 0. The third-order valence-electron chi connectivity index (χ3n) is 4.54. The normalized spacial score (nSPS) is 21.2. The summed E-state index contributed by atoms with van der Waals surface area (Å²) in [4.78, 5) is 14.5. The number of hydrogen-bond donors (Lipinski definition) is 0. The zero-order valence-electron chi connectivity index (χ0n) is 12.0. The van der Waals surface area contributed by atoms with E-state index in [1.807, 2.05) is 18.7 Å². The van der Waals surface area contributed by atoms with Crippen LogP contribution in [0, 0.1) is 22.7 Å². The van der Waals surface area contributed by atoms with Crippen molar-refractivity contribution in [2.45, 2.75) is 59.3 Å². The van der Waals surface area contributed by atoms with Crippen molar-refractivity contribution in [2.75, 3.05) is 13.1 Å². The molecule has 1 aliphatic rings. The van der Waals surface area contributed by atoms with Gasteiger partial charge in [0, 0.05) is 13.1 Å². The van der Waals surface area contributed by atoms with E-state index in [1.54, 1.807) is 0 Å². The van der Waals surface area contributed by atoms with Crippen LogP contribution in [0.4, 0.5) is 0 Å². The van der Waals surface area contributed by atoms with Crippen LogP contribution in [0.3, 0.4) is 0 Å². The van der Waals surface area contributed by atoms with E-state index in [0.29, 0.717) is 12.8 Å². The Labute approximate surface area is 111 Å². The Morgan fingerprint density at radius 3 is 2.44 bits per heavy atom. The Hall–Kier alpha value is -1.04. The van der Waals surface area contributed by atoms with Crippen molar-refractivity contribution >= 4 is 5.91 Å². The predicted octanol–water partition coefficient (Wildman–Crippen LogP) is 3.36. The van der Waals surface area contributed by atoms with Gasteiger partial charge in [-0.1, -0.05) is 27.2 Å². The topological polar surface area (TPSA) is 44.1 Å². The van der Waals surface area contributed by atoms with Gasteiger partial charge in [-0.05, 0) is 38.0 Å². The standard InChI is InChI=1S/C15H26N2O/c1-4-13-8-7-10-17(11-9-13)14(18)15(5-2,6-3)12-16/h13H,4-11H2,1-3H3. The van der Waals surface area contributed by atoms with Crippen LogP contribution in [-0.2, 0) is 4.79 Å². The lowest BCUT2D eigenvalue weighted by Crippen LogP contribution is -2.43. The third kappa shape index (κ3) is 3.04. The molecule has 18 heavy (non-hydrogen) atoms. The van der Waals surface area contributed by atoms with Crippen LogP contribution in [-0.4, -0.2) is 23.9 Å². The van der Waals surface area contributed by atoms with Crippen molar-refractivity contribution in [3.63, 3.8) is 0 Å². The van der Waals surface area contributed by atoms with Gasteiger partial charge in [0.05, 0.1) is 6.07 Å². The minimum Gasteiger partial charge on any atom is -0.341 e. The summed E-state index contributed by atoms with van der Waals surface area (Å²) in [5, 5.41) is 9.35. The van der Waals surface area contributed by atoms with E-state index in [0.717, 1.165) is 31.8 Å². The van der Waals surface area contributed by atoms with E-state index in [9.17, 15) is 10.1 Å². The first kappa shape index (κ1) is 15.0. The summed E-state index contributed by atoms with van der Waals surface area (Å²) < 4.78 is 0. The molecule has 0 aromatic carbocycles. The Morgan fingerprint density at radius 1 is 1.28 bits per heavy atom. The molecule has 1 heterocycles. The van der Waals surface area contributed by atoms with Gasteiger partial charge in [0.15, 0.2) is 0 Å². The summed E-state index contributed by atoms with van der Waals surface area (Å²) in [6, 6.07) is 2.27. The van der Waals surface area contributed by atoms with Gasteiger partial charge < -0.3 is 4.90 Å². The van der Waals surface area contributed by atoms with Crippen molar-refractivity contribution in [1.82, 2.24) is 4.90 Å². The molecule has 3 nitrogen and oxygen atoms in total. The predicted molar refractivity (Wildman–Crippen MR) is 72.8 cm³/mol. The number of hydrogen-bond acceptors (Lipinski definition) is 2. The van der Waals surface area contributed by atoms with E-state index in [2.05, 4.69) is 13.0 Å². The van der Waals surface area contributed by atoms with Crippen LogP contribution in [0.5, 0.6) is 0 Å². The molecule has 1 atom stereocenters. The molecule has 1 amide bonds. The van der Waals surface area contributed by atoms with Crippen molar-refractivity contribution in [1.29, 1.82) is 5.26 Å². The van der Waals surface area contributed by atoms with Gasteiger partial charge in [-0.25, -0.2) is 0 Å². The van der Waals surface area contributed by atoms with Crippen molar-refractivity contribution in [2.24, 2.45) is 11.3 Å². The van der Waals surface area contributed by atoms with E-state index in [4.69, 9.17) is 0 Å². The summed E-state index contributed by atoms with van der Waals surface area (Å²) in [6.07, 6.45) is 5.83. The maximum Gasteiger partial charge on any atom is 0.243 e. The molecule has 1 saturated heterocycles. The smallest absolute Gasteiger partial charge is 0.243 e. The summed E-state index contributed by atoms with van der Waals surface area (Å²) in [6.45, 7) is 7.77. The molecule has 0 spiro atoms. The van der Waals surface area contributed by atoms with Crippen molar-refractivity contribution in [3.05, 3.63) is 0 Å². The van der Waals surface area contributed by atoms with Crippen LogP contribution in [0.2, 0.25) is 0 Å². The second-order valence-electron chi connectivity index (χ2n) is 5.40. The van der Waals surface area contributed by atoms with E-state index in [-0.39, 0.29) is 5.91 Å². The number of amides is 1. The van der Waals surface area contributed by atoms with Gasteiger partial charge in [0.2, 0.25) is 5.91 Å². The van der Waals surface area contributed by atoms with Crippen LogP contribution in [0.15, 0.2) is 0 Å². The molecular formula is C15H26N2O. The second kappa shape index (κ2) is 6.78. The highest BCUT2D eigenvalue weighted by Gasteiger charge is 2.38. The van der Waals surface area contributed by atoms with E-state index >= 15 is 0 Å². The summed E-state index contributed by atoms with van der Waals surface area (Å²) in [5.41, 5.74) is -0.786. The lowest BCUT2D eigenvalue weighted by Gasteiger charge is -2.30. The number of nitriles is 1. The van der Waals surface area contributed by atoms with Gasteiger partial charge in [0.1, 0.15) is 5.41 Å². The first-order valence-electron chi connectivity index (χ1n) is 7.34. The SMILES string of the molecule is CCC1CCCN(C(=O)C(C#N)(CC)CC)CC1. The molecule has 0 saturated carbocycles. The van der Waals surface area contributed by atoms with Crippen LogP contribution in [0.1, 0.15) is 59.3 Å². The quantitative estimate of drug-likeness (QED) is 0.768. The molecule has 0 bridgehead atoms. The van der Waals surface area contributed by atoms with E-state index in [1.165, 1.54) is 12.8 Å². The third-order valence-corrected chi connectivity index (χ3v) is 4.54. The summed E-state index contributed by atoms with van der Waals surface area (Å²) >= 11 is 0. The van der Waals surface area contributed by atoms with Gasteiger partial charge >= 0.3 is 0 Å². The van der Waals surface area contributed by atoms with Crippen LogP contribution in [0.25, 0.3) is 0 Å². The average molecular weight is 250 g/mol. The number of likely N-dealkylation sites (tertiary alicyclic amines) is 1. The number of nitrogens with zero attached hydrogens (tertiary/aromatic N) is 2. The fourth-order valence-corrected chi connectivity index (χ4v) is 2.84. The Bertz CT molecular complexity index is 315. The molecule has 0 radical (unpaired) electrons. The van der Waals surface area contributed by atoms with Crippen LogP contribution < -0.4 is 0 Å². The Balaban J connectivity index is 2.75. The number of carbonyl (C=O) groups is 1. The molecule has 0 aliphatic carbocycles. The van der Waals surface area contributed by atoms with Gasteiger partial charge in [0.25, 0.3) is 0 Å². The van der Waals surface area contributed by atoms with Crippen LogP contribution >= 0.6 is 0 Å². The largest absolute Gasteiger partial charge is 0.341 e. The average Bonchev–Trinajstić information content (AvgIpc) is 2.66. The highest BCUT2D eigenvalue weighted by Crippen LogP contribution is 2.30. The maximum absolute atomic E-state index is 12.6. The van der Waals surface area contributed by atoms with Crippen molar-refractivity contribution < 1.29 is 4.79 Å². The molecule has 102 valence electrons. The fourth-order valence-electron chi connectivity index (χ4n) is 2.84. The molecule has 1 aliphatic heterocycles. The minimum absolute atomic E-state index is 0.0618. The molecule has 3 heteroatoms. The second-order valence-corrected chi connectivity index (χ2v) is 5.40. The minimum atomic E-state index is -0.786. The van der Waals surface area contributed by atoms with E-state index < -0.39 is 5.41 Å².